The first-order chi connectivity index (χ1) is 8.77. The van der Waals surface area contributed by atoms with Crippen molar-refractivity contribution in [2.24, 2.45) is 0 Å². The van der Waals surface area contributed by atoms with Crippen LogP contribution in [0.1, 0.15) is 9.67 Å². The Labute approximate surface area is 109 Å². The van der Waals surface area contributed by atoms with Gasteiger partial charge < -0.3 is 15.2 Å². The summed E-state index contributed by atoms with van der Waals surface area (Å²) in [5, 5.41) is 1.76. The van der Waals surface area contributed by atoms with Gasteiger partial charge in [-0.2, -0.15) is 0 Å². The standard InChI is InChI=1S/C13H13NO3S/c14-11-6-9-18-12(11)13(15)17-8-7-16-10-4-2-1-3-5-10/h1-6,9H,7-8,14H2. The zero-order chi connectivity index (χ0) is 12.8. The van der Waals surface area contributed by atoms with Crippen LogP contribution in [-0.2, 0) is 4.74 Å². The van der Waals surface area contributed by atoms with Gasteiger partial charge in [-0.3, -0.25) is 0 Å². The van der Waals surface area contributed by atoms with Crippen molar-refractivity contribution in [3.8, 4) is 5.75 Å². The first-order valence-electron chi connectivity index (χ1n) is 5.45. The quantitative estimate of drug-likeness (QED) is 0.665. The third-order valence-corrected chi connectivity index (χ3v) is 3.12. The number of hydrogen-bond acceptors (Lipinski definition) is 5. The van der Waals surface area contributed by atoms with E-state index in [1.165, 1.54) is 11.3 Å². The number of benzene rings is 1. The normalized spacial score (nSPS) is 10.0. The molecule has 0 radical (unpaired) electrons. The molecule has 0 bridgehead atoms. The van der Waals surface area contributed by atoms with Crippen molar-refractivity contribution in [3.05, 3.63) is 46.7 Å². The topological polar surface area (TPSA) is 61.6 Å². The van der Waals surface area contributed by atoms with Gasteiger partial charge in [-0.1, -0.05) is 18.2 Å². The monoisotopic (exact) mass is 263 g/mol. The maximum Gasteiger partial charge on any atom is 0.350 e. The number of para-hydroxylation sites is 1. The van der Waals surface area contributed by atoms with Crippen molar-refractivity contribution in [1.82, 2.24) is 0 Å². The number of nitrogen functional groups attached to an aromatic ring is 1. The summed E-state index contributed by atoms with van der Waals surface area (Å²) in [4.78, 5) is 12.0. The summed E-state index contributed by atoms with van der Waals surface area (Å²) in [7, 11) is 0. The molecule has 0 aliphatic heterocycles. The fourth-order valence-electron chi connectivity index (χ4n) is 1.36. The van der Waals surface area contributed by atoms with Crippen LogP contribution >= 0.6 is 11.3 Å². The molecule has 0 amide bonds. The Hall–Kier alpha value is -2.01. The third-order valence-electron chi connectivity index (χ3n) is 2.21. The lowest BCUT2D eigenvalue weighted by Gasteiger charge is -2.06. The average Bonchev–Trinajstić information content (AvgIpc) is 2.82. The van der Waals surface area contributed by atoms with Gasteiger partial charge in [0.1, 0.15) is 23.8 Å². The Morgan fingerprint density at radius 1 is 1.17 bits per heavy atom. The summed E-state index contributed by atoms with van der Waals surface area (Å²) in [6, 6.07) is 11.0. The second-order valence-electron chi connectivity index (χ2n) is 3.50. The molecule has 1 heterocycles. The van der Waals surface area contributed by atoms with Crippen LogP contribution in [0.2, 0.25) is 0 Å². The SMILES string of the molecule is Nc1ccsc1C(=O)OCCOc1ccccc1. The molecule has 0 aliphatic carbocycles. The minimum Gasteiger partial charge on any atom is -0.490 e. The van der Waals surface area contributed by atoms with Gasteiger partial charge in [0, 0.05) is 0 Å². The van der Waals surface area contributed by atoms with E-state index in [1.807, 2.05) is 30.3 Å². The van der Waals surface area contributed by atoms with Gasteiger partial charge in [0.15, 0.2) is 0 Å². The second kappa shape index (κ2) is 6.07. The van der Waals surface area contributed by atoms with Gasteiger partial charge in [-0.25, -0.2) is 4.79 Å². The molecule has 2 aromatic rings. The van der Waals surface area contributed by atoms with Crippen LogP contribution in [0.4, 0.5) is 5.69 Å². The molecule has 0 saturated carbocycles. The zero-order valence-electron chi connectivity index (χ0n) is 9.67. The van der Waals surface area contributed by atoms with Crippen LogP contribution in [0.3, 0.4) is 0 Å². The predicted octanol–water partition coefficient (Wildman–Crippen LogP) is 2.57. The average molecular weight is 263 g/mol. The molecule has 18 heavy (non-hydrogen) atoms. The van der Waals surface area contributed by atoms with Crippen LogP contribution in [0.15, 0.2) is 41.8 Å². The van der Waals surface area contributed by atoms with E-state index in [9.17, 15) is 4.79 Å². The molecular weight excluding hydrogens is 250 g/mol. The molecule has 1 aromatic heterocycles. The van der Waals surface area contributed by atoms with Gasteiger partial charge in [-0.15, -0.1) is 11.3 Å². The minimum atomic E-state index is -0.404. The molecule has 4 nitrogen and oxygen atoms in total. The molecule has 1 aromatic carbocycles. The summed E-state index contributed by atoms with van der Waals surface area (Å²) in [5.74, 6) is 0.350. The van der Waals surface area contributed by atoms with Crippen LogP contribution in [0.25, 0.3) is 0 Å². The highest BCUT2D eigenvalue weighted by Gasteiger charge is 2.12. The van der Waals surface area contributed by atoms with Crippen molar-refractivity contribution < 1.29 is 14.3 Å². The first-order valence-corrected chi connectivity index (χ1v) is 6.33. The summed E-state index contributed by atoms with van der Waals surface area (Å²) in [6.45, 7) is 0.520. The zero-order valence-corrected chi connectivity index (χ0v) is 10.5. The lowest BCUT2D eigenvalue weighted by atomic mass is 10.3. The summed E-state index contributed by atoms with van der Waals surface area (Å²) in [5.41, 5.74) is 6.07. The molecule has 94 valence electrons. The lowest BCUT2D eigenvalue weighted by molar-refractivity contribution is 0.0457. The summed E-state index contributed by atoms with van der Waals surface area (Å²) in [6.07, 6.45) is 0. The van der Waals surface area contributed by atoms with Crippen molar-refractivity contribution in [3.63, 3.8) is 0 Å². The van der Waals surface area contributed by atoms with E-state index in [0.29, 0.717) is 17.2 Å². The number of rotatable bonds is 5. The fraction of sp³-hybridized carbons (Fsp3) is 0.154. The largest absolute Gasteiger partial charge is 0.490 e. The highest BCUT2D eigenvalue weighted by molar-refractivity contribution is 7.12. The Morgan fingerprint density at radius 2 is 1.94 bits per heavy atom. The molecule has 5 heteroatoms. The van der Waals surface area contributed by atoms with Crippen molar-refractivity contribution in [2.75, 3.05) is 18.9 Å². The Bertz CT molecular complexity index is 510. The Balaban J connectivity index is 1.73. The van der Waals surface area contributed by atoms with E-state index in [-0.39, 0.29) is 6.61 Å². The molecule has 0 unspecified atom stereocenters. The molecule has 0 aliphatic rings. The smallest absolute Gasteiger partial charge is 0.350 e. The van der Waals surface area contributed by atoms with Crippen molar-refractivity contribution in [2.45, 2.75) is 0 Å². The highest BCUT2D eigenvalue weighted by Crippen LogP contribution is 2.19. The molecular formula is C13H13NO3S. The van der Waals surface area contributed by atoms with Gasteiger partial charge in [-0.05, 0) is 23.6 Å². The van der Waals surface area contributed by atoms with E-state index in [4.69, 9.17) is 15.2 Å². The number of esters is 1. The third kappa shape index (κ3) is 3.24. The van der Waals surface area contributed by atoms with Crippen LogP contribution in [0, 0.1) is 0 Å². The maximum atomic E-state index is 11.6. The molecule has 0 fully saturated rings. The number of nitrogens with two attached hydrogens (primary N) is 1. The molecule has 2 N–H and O–H groups in total. The van der Waals surface area contributed by atoms with E-state index < -0.39 is 5.97 Å². The van der Waals surface area contributed by atoms with Crippen LogP contribution < -0.4 is 10.5 Å². The molecule has 2 rings (SSSR count). The van der Waals surface area contributed by atoms with E-state index >= 15 is 0 Å². The fourth-order valence-corrected chi connectivity index (χ4v) is 2.07. The molecule has 0 saturated heterocycles. The number of carbonyl (C=O) groups is 1. The Kier molecular flexibility index (Phi) is 4.20. The molecule has 0 spiro atoms. The Morgan fingerprint density at radius 3 is 2.61 bits per heavy atom. The highest BCUT2D eigenvalue weighted by atomic mass is 32.1. The van der Waals surface area contributed by atoms with Gasteiger partial charge in [0.05, 0.1) is 5.69 Å². The van der Waals surface area contributed by atoms with Gasteiger partial charge in [0.2, 0.25) is 0 Å². The number of anilines is 1. The van der Waals surface area contributed by atoms with E-state index in [1.54, 1.807) is 11.4 Å². The predicted molar refractivity (Wildman–Crippen MR) is 71.0 cm³/mol. The molecule has 0 atom stereocenters. The van der Waals surface area contributed by atoms with E-state index in [0.717, 1.165) is 5.75 Å². The van der Waals surface area contributed by atoms with Crippen molar-refractivity contribution >= 4 is 23.0 Å². The summed E-state index contributed by atoms with van der Waals surface area (Å²) < 4.78 is 10.5. The minimum absolute atomic E-state index is 0.199. The maximum absolute atomic E-state index is 11.6. The second-order valence-corrected chi connectivity index (χ2v) is 4.42. The number of thiophene rings is 1. The van der Waals surface area contributed by atoms with Crippen molar-refractivity contribution in [1.29, 1.82) is 0 Å². The van der Waals surface area contributed by atoms with Gasteiger partial charge >= 0.3 is 5.97 Å². The van der Waals surface area contributed by atoms with Gasteiger partial charge in [0.25, 0.3) is 0 Å². The van der Waals surface area contributed by atoms with Crippen LogP contribution in [-0.4, -0.2) is 19.2 Å². The summed E-state index contributed by atoms with van der Waals surface area (Å²) >= 11 is 1.27. The van der Waals surface area contributed by atoms with Crippen LogP contribution in [0.5, 0.6) is 5.75 Å². The van der Waals surface area contributed by atoms with E-state index in [2.05, 4.69) is 0 Å². The number of carbonyl (C=O) groups excluding carboxylic acids is 1. The first kappa shape index (κ1) is 12.4. The lowest BCUT2D eigenvalue weighted by Crippen LogP contribution is -2.12. The number of hydrogen-bond donors (Lipinski definition) is 1. The number of ether oxygens (including phenoxy) is 2.